The summed E-state index contributed by atoms with van der Waals surface area (Å²) in [6.07, 6.45) is 4.48. The molecule has 1 atom stereocenters. The molecule has 0 spiro atoms. The molecule has 0 radical (unpaired) electrons. The monoisotopic (exact) mass is 343 g/mol. The van der Waals surface area contributed by atoms with Crippen molar-refractivity contribution in [3.05, 3.63) is 47.6 Å². The predicted molar refractivity (Wildman–Crippen MR) is 92.9 cm³/mol. The van der Waals surface area contributed by atoms with Crippen molar-refractivity contribution >= 4 is 5.91 Å². The van der Waals surface area contributed by atoms with Crippen LogP contribution in [0.5, 0.6) is 0 Å². The van der Waals surface area contributed by atoms with Gasteiger partial charge in [-0.2, -0.15) is 4.98 Å². The van der Waals surface area contributed by atoms with Gasteiger partial charge in [0.2, 0.25) is 11.8 Å². The Hall–Kier alpha value is -2.21. The Labute approximate surface area is 148 Å². The van der Waals surface area contributed by atoms with Crippen LogP contribution >= 0.6 is 0 Å². The normalized spacial score (nSPS) is 16.5. The zero-order valence-corrected chi connectivity index (χ0v) is 14.6. The first kappa shape index (κ1) is 17.6. The molecule has 25 heavy (non-hydrogen) atoms. The van der Waals surface area contributed by atoms with Crippen LogP contribution in [0, 0.1) is 5.92 Å². The Balaban J connectivity index is 1.59. The lowest BCUT2D eigenvalue weighted by atomic mass is 9.91. The highest BCUT2D eigenvalue weighted by molar-refractivity contribution is 5.73. The molecule has 1 saturated heterocycles. The molecule has 6 nitrogen and oxygen atoms in total. The molecule has 6 heteroatoms. The molecule has 134 valence electrons. The van der Waals surface area contributed by atoms with Crippen molar-refractivity contribution in [1.82, 2.24) is 15.5 Å². The summed E-state index contributed by atoms with van der Waals surface area (Å²) in [5.41, 5.74) is 1.31. The van der Waals surface area contributed by atoms with E-state index in [9.17, 15) is 4.79 Å². The van der Waals surface area contributed by atoms with Gasteiger partial charge in [-0.15, -0.1) is 0 Å². The van der Waals surface area contributed by atoms with Crippen LogP contribution in [-0.2, 0) is 22.4 Å². The smallest absolute Gasteiger partial charge is 0.249 e. The van der Waals surface area contributed by atoms with E-state index in [2.05, 4.69) is 27.6 Å². The Bertz CT molecular complexity index is 666. The van der Waals surface area contributed by atoms with E-state index in [0.29, 0.717) is 24.9 Å². The second-order valence-electron chi connectivity index (χ2n) is 6.52. The Morgan fingerprint density at radius 3 is 2.72 bits per heavy atom. The van der Waals surface area contributed by atoms with E-state index in [1.165, 1.54) is 12.5 Å². The average Bonchev–Trinajstić information content (AvgIpc) is 3.10. The Morgan fingerprint density at radius 2 is 2.00 bits per heavy atom. The minimum Gasteiger partial charge on any atom is -0.381 e. The van der Waals surface area contributed by atoms with Gasteiger partial charge >= 0.3 is 0 Å². The standard InChI is InChI=1S/C19H25N3O3/c1-14(23)20-18(16-10-12-24-13-11-16)19-21-17(22-25-19)9-5-8-15-6-3-2-4-7-15/h2-4,6-7,16,18H,5,8-13H2,1H3,(H,20,23). The molecule has 1 unspecified atom stereocenters. The quantitative estimate of drug-likeness (QED) is 0.836. The summed E-state index contributed by atoms with van der Waals surface area (Å²) in [5.74, 6) is 1.40. The van der Waals surface area contributed by atoms with Gasteiger partial charge < -0.3 is 14.6 Å². The van der Waals surface area contributed by atoms with Crippen LogP contribution in [0.4, 0.5) is 0 Å². The first-order valence-electron chi connectivity index (χ1n) is 8.93. The molecule has 1 N–H and O–H groups in total. The molecule has 3 rings (SSSR count). The number of amides is 1. The number of nitrogens with zero attached hydrogens (tertiary/aromatic N) is 2. The van der Waals surface area contributed by atoms with Crippen molar-refractivity contribution in [3.8, 4) is 0 Å². The highest BCUT2D eigenvalue weighted by atomic mass is 16.5. The SMILES string of the molecule is CC(=O)NC(c1nc(CCCc2ccccc2)no1)C1CCOCC1. The van der Waals surface area contributed by atoms with Crippen molar-refractivity contribution in [3.63, 3.8) is 0 Å². The number of rotatable bonds is 7. The van der Waals surface area contributed by atoms with Crippen LogP contribution in [0.15, 0.2) is 34.9 Å². The first-order valence-corrected chi connectivity index (χ1v) is 8.93. The van der Waals surface area contributed by atoms with E-state index in [4.69, 9.17) is 9.26 Å². The topological polar surface area (TPSA) is 77.3 Å². The molecular formula is C19H25N3O3. The number of ether oxygens (including phenoxy) is 1. The van der Waals surface area contributed by atoms with Crippen molar-refractivity contribution in [2.75, 3.05) is 13.2 Å². The molecule has 1 aromatic heterocycles. The summed E-state index contributed by atoms with van der Waals surface area (Å²) < 4.78 is 10.9. The summed E-state index contributed by atoms with van der Waals surface area (Å²) in [6, 6.07) is 10.1. The zero-order chi connectivity index (χ0) is 17.5. The molecule has 2 heterocycles. The number of hydrogen-bond donors (Lipinski definition) is 1. The van der Waals surface area contributed by atoms with Crippen molar-refractivity contribution < 1.29 is 14.1 Å². The highest BCUT2D eigenvalue weighted by Crippen LogP contribution is 2.29. The van der Waals surface area contributed by atoms with E-state index in [1.807, 2.05) is 18.2 Å². The van der Waals surface area contributed by atoms with Crippen molar-refractivity contribution in [2.24, 2.45) is 5.92 Å². The van der Waals surface area contributed by atoms with Crippen LogP contribution in [0.3, 0.4) is 0 Å². The van der Waals surface area contributed by atoms with Crippen LogP contribution < -0.4 is 5.32 Å². The second-order valence-corrected chi connectivity index (χ2v) is 6.52. The summed E-state index contributed by atoms with van der Waals surface area (Å²) in [5, 5.41) is 7.07. The number of aryl methyl sites for hydroxylation is 2. The zero-order valence-electron chi connectivity index (χ0n) is 14.6. The number of nitrogens with one attached hydrogen (secondary N) is 1. The van der Waals surface area contributed by atoms with E-state index in [-0.39, 0.29) is 17.9 Å². The summed E-state index contributed by atoms with van der Waals surface area (Å²) >= 11 is 0. The van der Waals surface area contributed by atoms with Crippen molar-refractivity contribution in [1.29, 1.82) is 0 Å². The van der Waals surface area contributed by atoms with Gasteiger partial charge in [0, 0.05) is 26.6 Å². The minimum atomic E-state index is -0.225. The van der Waals surface area contributed by atoms with E-state index in [0.717, 1.165) is 32.1 Å². The lowest BCUT2D eigenvalue weighted by molar-refractivity contribution is -0.120. The minimum absolute atomic E-state index is 0.0830. The Kier molecular flexibility index (Phi) is 6.17. The number of carbonyl (C=O) groups is 1. The molecule has 1 amide bonds. The third-order valence-electron chi connectivity index (χ3n) is 4.55. The molecule has 1 aliphatic rings. The molecule has 1 aromatic carbocycles. The fraction of sp³-hybridized carbons (Fsp3) is 0.526. The highest BCUT2D eigenvalue weighted by Gasteiger charge is 2.30. The molecule has 0 saturated carbocycles. The fourth-order valence-corrected chi connectivity index (χ4v) is 3.24. The van der Waals surface area contributed by atoms with Crippen LogP contribution in [0.2, 0.25) is 0 Å². The number of carbonyl (C=O) groups excluding carboxylic acids is 1. The summed E-state index contributed by atoms with van der Waals surface area (Å²) in [6.45, 7) is 2.93. The van der Waals surface area contributed by atoms with Crippen LogP contribution in [0.25, 0.3) is 0 Å². The largest absolute Gasteiger partial charge is 0.381 e. The molecular weight excluding hydrogens is 318 g/mol. The molecule has 2 aromatic rings. The van der Waals surface area contributed by atoms with Gasteiger partial charge in [0.25, 0.3) is 0 Å². The molecule has 0 bridgehead atoms. The van der Waals surface area contributed by atoms with Gasteiger partial charge in [-0.05, 0) is 37.2 Å². The van der Waals surface area contributed by atoms with Gasteiger partial charge in [0.05, 0.1) is 0 Å². The van der Waals surface area contributed by atoms with E-state index in [1.54, 1.807) is 0 Å². The maximum Gasteiger partial charge on any atom is 0.249 e. The summed E-state index contributed by atoms with van der Waals surface area (Å²) in [4.78, 5) is 16.1. The maximum atomic E-state index is 11.6. The molecule has 1 aliphatic heterocycles. The van der Waals surface area contributed by atoms with Crippen LogP contribution in [0.1, 0.15) is 49.5 Å². The third-order valence-corrected chi connectivity index (χ3v) is 4.55. The fourth-order valence-electron chi connectivity index (χ4n) is 3.24. The van der Waals surface area contributed by atoms with Gasteiger partial charge in [-0.25, -0.2) is 0 Å². The summed E-state index contributed by atoms with van der Waals surface area (Å²) in [7, 11) is 0. The van der Waals surface area contributed by atoms with E-state index < -0.39 is 0 Å². The van der Waals surface area contributed by atoms with Gasteiger partial charge in [0.1, 0.15) is 6.04 Å². The number of hydrogen-bond acceptors (Lipinski definition) is 5. The van der Waals surface area contributed by atoms with Gasteiger partial charge in [-0.1, -0.05) is 35.5 Å². The maximum absolute atomic E-state index is 11.6. The van der Waals surface area contributed by atoms with Gasteiger partial charge in [-0.3, -0.25) is 4.79 Å². The number of benzene rings is 1. The second kappa shape index (κ2) is 8.76. The lowest BCUT2D eigenvalue weighted by Gasteiger charge is -2.28. The van der Waals surface area contributed by atoms with E-state index >= 15 is 0 Å². The van der Waals surface area contributed by atoms with Gasteiger partial charge in [0.15, 0.2) is 5.82 Å². The third kappa shape index (κ3) is 5.13. The predicted octanol–water partition coefficient (Wildman–Crippen LogP) is 2.85. The average molecular weight is 343 g/mol. The number of aromatic nitrogens is 2. The molecule has 0 aliphatic carbocycles. The van der Waals surface area contributed by atoms with Crippen LogP contribution in [-0.4, -0.2) is 29.3 Å². The first-order chi connectivity index (χ1) is 12.2. The van der Waals surface area contributed by atoms with Crippen molar-refractivity contribution in [2.45, 2.75) is 45.1 Å². The lowest BCUT2D eigenvalue weighted by Crippen LogP contribution is -2.35. The Morgan fingerprint density at radius 1 is 1.24 bits per heavy atom. The molecule has 1 fully saturated rings.